The largest absolute Gasteiger partial charge is 0.352 e. The zero-order valence-electron chi connectivity index (χ0n) is 14.4. The highest BCUT2D eigenvalue weighted by atomic mass is 19.2. The van der Waals surface area contributed by atoms with Crippen LogP contribution in [0.3, 0.4) is 0 Å². The minimum Gasteiger partial charge on any atom is -0.352 e. The summed E-state index contributed by atoms with van der Waals surface area (Å²) in [6.45, 7) is 3.52. The van der Waals surface area contributed by atoms with Crippen LogP contribution < -0.4 is 0 Å². The van der Waals surface area contributed by atoms with Crippen LogP contribution in [0, 0.1) is 35.1 Å². The molecule has 2 nitrogen and oxygen atoms in total. The molecule has 25 heavy (non-hydrogen) atoms. The number of hydrogen-bond acceptors (Lipinski definition) is 2. The maximum atomic E-state index is 14.0. The second-order valence-electron chi connectivity index (χ2n) is 7.19. The van der Waals surface area contributed by atoms with Crippen molar-refractivity contribution >= 4 is 0 Å². The van der Waals surface area contributed by atoms with E-state index in [9.17, 15) is 17.6 Å². The summed E-state index contributed by atoms with van der Waals surface area (Å²) in [7, 11) is 0. The number of rotatable bonds is 4. The minimum absolute atomic E-state index is 0.0664. The van der Waals surface area contributed by atoms with E-state index in [1.165, 1.54) is 0 Å². The van der Waals surface area contributed by atoms with Crippen LogP contribution in [-0.2, 0) is 9.47 Å². The molecule has 1 aliphatic carbocycles. The zero-order chi connectivity index (χ0) is 18.0. The summed E-state index contributed by atoms with van der Waals surface area (Å²) in [5.74, 6) is -5.74. The van der Waals surface area contributed by atoms with Gasteiger partial charge in [-0.25, -0.2) is 17.6 Å². The molecule has 0 spiro atoms. The molecule has 0 unspecified atom stereocenters. The van der Waals surface area contributed by atoms with Crippen LogP contribution in [0.1, 0.15) is 56.9 Å². The molecule has 1 heterocycles. The number of halogens is 4. The third-order valence-electron chi connectivity index (χ3n) is 5.42. The summed E-state index contributed by atoms with van der Waals surface area (Å²) in [5, 5.41) is 0. The van der Waals surface area contributed by atoms with E-state index in [1.54, 1.807) is 0 Å². The Bertz CT molecular complexity index is 592. The van der Waals surface area contributed by atoms with Crippen molar-refractivity contribution in [3.8, 4) is 0 Å². The third-order valence-corrected chi connectivity index (χ3v) is 5.42. The van der Waals surface area contributed by atoms with Crippen molar-refractivity contribution in [2.75, 3.05) is 13.2 Å². The van der Waals surface area contributed by atoms with Crippen molar-refractivity contribution in [1.29, 1.82) is 0 Å². The number of ether oxygens (including phenoxy) is 2. The molecule has 1 saturated heterocycles. The third kappa shape index (κ3) is 4.00. The van der Waals surface area contributed by atoms with E-state index in [4.69, 9.17) is 9.47 Å². The second-order valence-corrected chi connectivity index (χ2v) is 7.19. The molecule has 0 bridgehead atoms. The van der Waals surface area contributed by atoms with Crippen molar-refractivity contribution in [2.45, 2.75) is 57.7 Å². The van der Waals surface area contributed by atoms with Crippen LogP contribution in [0.4, 0.5) is 17.6 Å². The first kappa shape index (κ1) is 18.6. The van der Waals surface area contributed by atoms with Gasteiger partial charge in [-0.2, -0.15) is 0 Å². The van der Waals surface area contributed by atoms with Gasteiger partial charge in [-0.05, 0) is 49.7 Å². The SMILES string of the molecule is CCCC1COC(C2CCC(c3cc(F)c(F)c(F)c3F)CC2)OC1. The van der Waals surface area contributed by atoms with Gasteiger partial charge in [-0.1, -0.05) is 13.3 Å². The lowest BCUT2D eigenvalue weighted by atomic mass is 9.78. The van der Waals surface area contributed by atoms with Gasteiger partial charge in [0.1, 0.15) is 0 Å². The van der Waals surface area contributed by atoms with E-state index in [1.807, 2.05) is 0 Å². The van der Waals surface area contributed by atoms with Crippen LogP contribution in [0.5, 0.6) is 0 Å². The standard InChI is InChI=1S/C19H24F4O2/c1-2-3-11-9-24-19(25-10-11)13-6-4-12(5-7-13)14-8-15(20)17(22)18(23)16(14)21/h8,11-13,19H,2-7,9-10H2,1H3. The highest BCUT2D eigenvalue weighted by molar-refractivity contribution is 5.25. The van der Waals surface area contributed by atoms with Gasteiger partial charge in [-0.3, -0.25) is 0 Å². The second kappa shape index (κ2) is 8.04. The van der Waals surface area contributed by atoms with Gasteiger partial charge in [0.05, 0.1) is 13.2 Å². The quantitative estimate of drug-likeness (QED) is 0.412. The van der Waals surface area contributed by atoms with Gasteiger partial charge in [0.15, 0.2) is 29.6 Å². The Hall–Kier alpha value is -1.14. The Morgan fingerprint density at radius 2 is 1.56 bits per heavy atom. The van der Waals surface area contributed by atoms with E-state index in [0.29, 0.717) is 32.0 Å². The Labute approximate surface area is 145 Å². The first-order chi connectivity index (χ1) is 12.0. The van der Waals surface area contributed by atoms with E-state index >= 15 is 0 Å². The molecule has 0 radical (unpaired) electrons. The Morgan fingerprint density at radius 3 is 2.16 bits per heavy atom. The highest BCUT2D eigenvalue weighted by Crippen LogP contribution is 2.40. The van der Waals surface area contributed by atoms with Gasteiger partial charge in [0, 0.05) is 11.8 Å². The Balaban J connectivity index is 1.58. The van der Waals surface area contributed by atoms with Crippen molar-refractivity contribution in [3.63, 3.8) is 0 Å². The summed E-state index contributed by atoms with van der Waals surface area (Å²) in [4.78, 5) is 0. The smallest absolute Gasteiger partial charge is 0.197 e. The predicted octanol–water partition coefficient (Wildman–Crippen LogP) is 5.31. The molecule has 6 heteroatoms. The average molecular weight is 360 g/mol. The Morgan fingerprint density at radius 1 is 0.920 bits per heavy atom. The minimum atomic E-state index is -1.75. The molecule has 0 amide bonds. The molecule has 0 aromatic heterocycles. The fraction of sp³-hybridized carbons (Fsp3) is 0.684. The maximum absolute atomic E-state index is 14.0. The van der Waals surface area contributed by atoms with Crippen LogP contribution in [0.2, 0.25) is 0 Å². The summed E-state index contributed by atoms with van der Waals surface area (Å²) in [6, 6.07) is 0.793. The average Bonchev–Trinajstić information content (AvgIpc) is 2.64. The molecule has 1 saturated carbocycles. The molecule has 3 rings (SSSR count). The van der Waals surface area contributed by atoms with Gasteiger partial charge in [-0.15, -0.1) is 0 Å². The van der Waals surface area contributed by atoms with Crippen LogP contribution in [0.25, 0.3) is 0 Å². The number of benzene rings is 1. The summed E-state index contributed by atoms with van der Waals surface area (Å²) < 4.78 is 65.6. The maximum Gasteiger partial charge on any atom is 0.197 e. The zero-order valence-corrected chi connectivity index (χ0v) is 14.4. The van der Waals surface area contributed by atoms with E-state index in [-0.39, 0.29) is 23.7 Å². The lowest BCUT2D eigenvalue weighted by molar-refractivity contribution is -0.229. The predicted molar refractivity (Wildman–Crippen MR) is 85.1 cm³/mol. The highest BCUT2D eigenvalue weighted by Gasteiger charge is 2.34. The number of hydrogen-bond donors (Lipinski definition) is 0. The molecule has 1 aromatic carbocycles. The lowest BCUT2D eigenvalue weighted by Gasteiger charge is -2.37. The monoisotopic (exact) mass is 360 g/mol. The molecule has 1 aliphatic heterocycles. The molecular weight excluding hydrogens is 336 g/mol. The van der Waals surface area contributed by atoms with Crippen molar-refractivity contribution < 1.29 is 27.0 Å². The van der Waals surface area contributed by atoms with Crippen molar-refractivity contribution in [1.82, 2.24) is 0 Å². The first-order valence-corrected chi connectivity index (χ1v) is 9.07. The normalized spacial score (nSPS) is 30.4. The van der Waals surface area contributed by atoms with E-state index < -0.39 is 23.3 Å². The molecule has 140 valence electrons. The van der Waals surface area contributed by atoms with E-state index in [0.717, 1.165) is 31.7 Å². The molecule has 2 fully saturated rings. The van der Waals surface area contributed by atoms with Gasteiger partial charge in [0.25, 0.3) is 0 Å². The molecular formula is C19H24F4O2. The van der Waals surface area contributed by atoms with Crippen molar-refractivity contribution in [3.05, 3.63) is 34.9 Å². The van der Waals surface area contributed by atoms with Gasteiger partial charge in [0.2, 0.25) is 0 Å². The molecule has 0 atom stereocenters. The van der Waals surface area contributed by atoms with Crippen LogP contribution in [0.15, 0.2) is 6.07 Å². The van der Waals surface area contributed by atoms with Gasteiger partial charge < -0.3 is 9.47 Å². The molecule has 2 aliphatic rings. The van der Waals surface area contributed by atoms with E-state index in [2.05, 4.69) is 6.92 Å². The summed E-state index contributed by atoms with van der Waals surface area (Å²) in [6.07, 6.45) is 4.55. The topological polar surface area (TPSA) is 18.5 Å². The lowest BCUT2D eigenvalue weighted by Crippen LogP contribution is -2.38. The van der Waals surface area contributed by atoms with Crippen molar-refractivity contribution in [2.24, 2.45) is 11.8 Å². The first-order valence-electron chi connectivity index (χ1n) is 9.07. The molecule has 1 aromatic rings. The fourth-order valence-electron chi connectivity index (χ4n) is 4.00. The fourth-order valence-corrected chi connectivity index (χ4v) is 4.00. The summed E-state index contributed by atoms with van der Waals surface area (Å²) in [5.41, 5.74) is -0.0664. The van der Waals surface area contributed by atoms with Gasteiger partial charge >= 0.3 is 0 Å². The Kier molecular flexibility index (Phi) is 6.00. The van der Waals surface area contributed by atoms with Crippen LogP contribution in [-0.4, -0.2) is 19.5 Å². The van der Waals surface area contributed by atoms with Crippen LogP contribution >= 0.6 is 0 Å². The summed E-state index contributed by atoms with van der Waals surface area (Å²) >= 11 is 0. The molecule has 0 N–H and O–H groups in total.